The molecule has 1 aliphatic rings. The lowest BCUT2D eigenvalue weighted by Gasteiger charge is -2.39. The number of nitrogens with two attached hydrogens (primary N) is 2. The summed E-state index contributed by atoms with van der Waals surface area (Å²) in [5, 5.41) is 93.8. The molecule has 0 spiro atoms. The van der Waals surface area contributed by atoms with Crippen molar-refractivity contribution >= 4 is 168 Å². The van der Waals surface area contributed by atoms with Crippen LogP contribution in [0.3, 0.4) is 0 Å². The number of rotatable bonds is 58. The van der Waals surface area contributed by atoms with Gasteiger partial charge in [0.15, 0.2) is 30.0 Å². The number of likely N-dealkylation sites (tertiary alicyclic amines) is 1. The number of phenols is 1. The average molecular weight is 2020 g/mol. The van der Waals surface area contributed by atoms with Gasteiger partial charge in [0.05, 0.1) is 48.5 Å². The van der Waals surface area contributed by atoms with E-state index in [1.807, 2.05) is 45.0 Å². The quantitative estimate of drug-likeness (QED) is 0.00499. The lowest BCUT2D eigenvalue weighted by molar-refractivity contribution is -0.161. The fourth-order valence-corrected chi connectivity index (χ4v) is 18.0. The van der Waals surface area contributed by atoms with Gasteiger partial charge in [-0.25, -0.2) is 24.5 Å². The van der Waals surface area contributed by atoms with E-state index in [1.54, 1.807) is 19.1 Å². The number of amides is 11. The number of hydrogen-bond donors (Lipinski definition) is 22. The second-order valence-electron chi connectivity index (χ2n) is 34.3. The Morgan fingerprint density at radius 2 is 1.31 bits per heavy atom. The number of anilines is 2. The van der Waals surface area contributed by atoms with Crippen molar-refractivity contribution in [2.24, 2.45) is 23.5 Å². The van der Waals surface area contributed by atoms with Crippen LogP contribution in [0.1, 0.15) is 215 Å². The molecule has 0 bridgehead atoms. The number of aromatic amines is 1. The Labute approximate surface area is 816 Å². The first kappa shape index (κ1) is 115. The van der Waals surface area contributed by atoms with E-state index in [4.69, 9.17) is 26.4 Å². The first-order valence-electron chi connectivity index (χ1n) is 45.0. The SMILES string of the molecule is CCCC(=O)OCN(C(=O)[C@@H](NC(=O)[C@H]1CCCCN1C)C(C)CC)[C@H](C[C@@H](OC(C)=O)c1nc(C(=O)N[C@@H](Cc2ccc(O)cc2)C[C@H](C)C(=O)NNC(=O)CCCSSC(C)(C)C(NC(=O)[C@@H](CC(=O)O)NC(=O)[C@@H](CC(=O)O)NC(=O)[C@@H](CCCNC(=N)N)NC(=O)[C@@H](CC(=O)O)NC(=O)CC[C@@H](NC(=O)c2ccc(NCc3cnc4nc(N)[nH]c(=O)c4n3)cc2)C(=O)O)C(=O)O)cs1)C(C)C. The molecule has 6 rings (SSSR count). The Hall–Kier alpha value is -13.9. The fourth-order valence-electron chi connectivity index (χ4n) is 14.5. The number of nitrogens with one attached hydrogen (secondary N) is 14. The zero-order valence-corrected chi connectivity index (χ0v) is 81.4. The van der Waals surface area contributed by atoms with Crippen molar-refractivity contribution in [2.45, 2.75) is 256 Å². The van der Waals surface area contributed by atoms with E-state index in [1.165, 1.54) is 80.6 Å². The normalized spacial score (nSPS) is 15.1. The number of aliphatic carboxylic acids is 5. The number of nitrogens with zero attached hydrogens (tertiary/aromatic N) is 6. The van der Waals surface area contributed by atoms with E-state index in [2.05, 4.69) is 83.6 Å². The summed E-state index contributed by atoms with van der Waals surface area (Å²) < 4.78 is 10.1. The van der Waals surface area contributed by atoms with Gasteiger partial charge in [-0.1, -0.05) is 88.1 Å². The van der Waals surface area contributed by atoms with Gasteiger partial charge in [0.1, 0.15) is 58.7 Å². The zero-order chi connectivity index (χ0) is 104. The molecule has 4 heterocycles. The summed E-state index contributed by atoms with van der Waals surface area (Å²) >= 11 is 0.995. The van der Waals surface area contributed by atoms with Crippen LogP contribution >= 0.6 is 32.9 Å². The smallest absolute Gasteiger partial charge is 0.327 e. The first-order valence-corrected chi connectivity index (χ1v) is 48.2. The summed E-state index contributed by atoms with van der Waals surface area (Å²) in [5.74, 6) is -22.7. The Bertz CT molecular complexity index is 5280. The number of carbonyl (C=O) groups excluding carboxylic acids is 13. The molecule has 0 aliphatic carbocycles. The summed E-state index contributed by atoms with van der Waals surface area (Å²) in [4.78, 5) is 276. The number of benzene rings is 2. The van der Waals surface area contributed by atoms with Gasteiger partial charge in [0.2, 0.25) is 59.1 Å². The van der Waals surface area contributed by atoms with Gasteiger partial charge in [-0.2, -0.15) is 4.98 Å². The van der Waals surface area contributed by atoms with Crippen LogP contribution in [0.25, 0.3) is 11.2 Å². The number of phenolic OH excluding ortho intramolecular Hbond substituents is 1. The molecule has 3 aromatic heterocycles. The summed E-state index contributed by atoms with van der Waals surface area (Å²) in [7, 11) is 3.80. The molecule has 0 radical (unpaired) electrons. The number of carboxylic acids is 5. The van der Waals surface area contributed by atoms with Gasteiger partial charge in [-0.3, -0.25) is 108 Å². The van der Waals surface area contributed by atoms with Crippen LogP contribution in [0.15, 0.2) is 64.9 Å². The Kier molecular flexibility index (Phi) is 46.1. The fraction of sp³-hybridized carbons (Fsp3) is 0.545. The third kappa shape index (κ3) is 38.1. The average Bonchev–Trinajstić information content (AvgIpc) is 0.998. The molecule has 13 atom stereocenters. The van der Waals surface area contributed by atoms with Gasteiger partial charge in [0.25, 0.3) is 17.4 Å². The van der Waals surface area contributed by atoms with E-state index in [9.17, 15) is 117 Å². The van der Waals surface area contributed by atoms with Crippen LogP contribution in [-0.4, -0.2) is 276 Å². The van der Waals surface area contributed by atoms with E-state index in [-0.39, 0.29) is 121 Å². The Balaban J connectivity index is 1.04. The van der Waals surface area contributed by atoms with E-state index >= 15 is 4.79 Å². The number of esters is 2. The number of fused-ring (bicyclic) bond motifs is 1. The van der Waals surface area contributed by atoms with Crippen LogP contribution < -0.4 is 81.0 Å². The molecule has 2 unspecified atom stereocenters. The third-order valence-corrected chi connectivity index (χ3v) is 26.6. The highest BCUT2D eigenvalue weighted by atomic mass is 33.1. The Morgan fingerprint density at radius 3 is 1.90 bits per heavy atom. The van der Waals surface area contributed by atoms with E-state index in [0.717, 1.165) is 45.8 Å². The van der Waals surface area contributed by atoms with Crippen LogP contribution in [0.2, 0.25) is 0 Å². The van der Waals surface area contributed by atoms with Crippen LogP contribution in [0.5, 0.6) is 5.75 Å². The van der Waals surface area contributed by atoms with Crippen LogP contribution in [0, 0.1) is 23.2 Å². The van der Waals surface area contributed by atoms with Crippen molar-refractivity contribution < 1.29 is 126 Å². The number of piperidine rings is 1. The predicted octanol–water partition coefficient (Wildman–Crippen LogP) is 1.55. The molecular formula is C88H124N22O27S3. The predicted molar refractivity (Wildman–Crippen MR) is 508 cm³/mol. The summed E-state index contributed by atoms with van der Waals surface area (Å²) in [6, 6.07) is -3.45. The summed E-state index contributed by atoms with van der Waals surface area (Å²) in [6.45, 7) is 14.8. The maximum atomic E-state index is 15.1. The molecule has 52 heteroatoms. The van der Waals surface area contributed by atoms with Gasteiger partial charge >= 0.3 is 41.8 Å². The van der Waals surface area contributed by atoms with Crippen molar-refractivity contribution in [3.63, 3.8) is 0 Å². The van der Waals surface area contributed by atoms with Gasteiger partial charge < -0.3 is 110 Å². The molecule has 5 aromatic rings. The number of nitrogen functional groups attached to an aromatic ring is 1. The van der Waals surface area contributed by atoms with Crippen molar-refractivity contribution in [1.82, 2.24) is 93.4 Å². The zero-order valence-electron chi connectivity index (χ0n) is 78.9. The number of carbonyl (C=O) groups is 18. The molecule has 1 saturated heterocycles. The minimum Gasteiger partial charge on any atom is -0.508 e. The molecular weight excluding hydrogens is 1890 g/mol. The van der Waals surface area contributed by atoms with E-state index in [0.29, 0.717) is 42.8 Å². The van der Waals surface area contributed by atoms with Crippen molar-refractivity contribution in [2.75, 3.05) is 43.7 Å². The first-order chi connectivity index (χ1) is 66.1. The molecule has 11 amide bonds. The molecule has 2 aromatic carbocycles. The standard InChI is InChI=1S/C88H124N22O27S3/c1-11-17-68(121)136-43-110(83(131)69(45(5)12-2)103-80(129)60-19-13-14-32-109(60)10)61(44(3)4)39-62(137-47(7)111)82-102-59(42-138-82)79(128)96-51(35-48-21-27-53(112)28-22-48)34-46(6)73(122)108-107-64(114)20-16-33-139-140-88(8,9)71(85(134)135)104-78(127)58(38-67(119)120)101-77(126)57(37-66(117)118)100-75(124)54(18-15-31-92-86(89)90)98-76(125)56(36-65(115)116)97-63(113)30-29-55(84(132)133)99-74(123)49-23-25-50(26-24-49)93-40-52-41-94-72-70(95-52)81(130)106-87(91)105-72/h21-28,41-42,44-46,51,54-58,60-62,69,71,93,112H,11-20,29-40,43H2,1-10H3,(H,96,128)(H,97,113)(H,98,125)(H,99,123)(H,100,124)(H,101,126)(H,103,129)(H,104,127)(H,107,114)(H,108,122)(H,115,116)(H,117,118)(H,119,120)(H,132,133)(H,134,135)(H4,89,90,92)(H3,91,94,105,106,130)/t45?,46-,51+,54+,55+,56+,57+,58+,60+,61+,62+,69-,71?/m0/s1. The summed E-state index contributed by atoms with van der Waals surface area (Å²) in [6.07, 6.45) is -2.33. The summed E-state index contributed by atoms with van der Waals surface area (Å²) in [5.41, 5.74) is 16.3. The molecule has 24 N–H and O–H groups in total. The van der Waals surface area contributed by atoms with Crippen LogP contribution in [0.4, 0.5) is 11.6 Å². The molecule has 140 heavy (non-hydrogen) atoms. The highest BCUT2D eigenvalue weighted by Crippen LogP contribution is 2.39. The second-order valence-corrected chi connectivity index (χ2v) is 38.2. The van der Waals surface area contributed by atoms with Crippen molar-refractivity contribution in [3.05, 3.63) is 98.0 Å². The molecule has 1 fully saturated rings. The number of hydrazine groups is 1. The molecule has 766 valence electrons. The number of guanidine groups is 1. The number of likely N-dealkylation sites (N-methyl/N-ethyl adjacent to an activating group) is 1. The van der Waals surface area contributed by atoms with Crippen molar-refractivity contribution in [1.29, 1.82) is 5.41 Å². The lowest BCUT2D eigenvalue weighted by Crippen LogP contribution is -2.60. The number of carboxylic acid groups (broad SMARTS) is 5. The largest absolute Gasteiger partial charge is 0.508 e. The number of ether oxygens (including phenoxy) is 2. The molecule has 49 nitrogen and oxygen atoms in total. The second kappa shape index (κ2) is 56.2. The lowest BCUT2D eigenvalue weighted by atomic mass is 9.92. The minimum absolute atomic E-state index is 0.0194. The monoisotopic (exact) mass is 2020 g/mol. The van der Waals surface area contributed by atoms with Gasteiger partial charge in [-0.05, 0) is 139 Å². The van der Waals surface area contributed by atoms with Gasteiger partial charge in [0, 0.05) is 79.5 Å². The number of H-pyrrole nitrogens is 1. The number of thiazole rings is 1. The maximum absolute atomic E-state index is 15.1. The molecule has 1 aliphatic heterocycles. The van der Waals surface area contributed by atoms with E-state index < -0.39 is 235 Å². The molecule has 0 saturated carbocycles. The third-order valence-electron chi connectivity index (χ3n) is 22.3. The van der Waals surface area contributed by atoms with Crippen molar-refractivity contribution in [3.8, 4) is 5.75 Å². The topological polar surface area (TPSA) is 758 Å². The number of hydrogen-bond acceptors (Lipinski definition) is 33. The highest BCUT2D eigenvalue weighted by Gasteiger charge is 2.44. The Morgan fingerprint density at radius 1 is 0.693 bits per heavy atom. The van der Waals surface area contributed by atoms with Crippen LogP contribution in [-0.2, 0) is 99.2 Å². The highest BCUT2D eigenvalue weighted by molar-refractivity contribution is 8.77. The van der Waals surface area contributed by atoms with Gasteiger partial charge in [-0.15, -0.1) is 11.3 Å². The number of aromatic hydroxyl groups is 1. The minimum atomic E-state index is -2.23. The maximum Gasteiger partial charge on any atom is 0.327 e. The number of aromatic nitrogens is 5.